The highest BCUT2D eigenvalue weighted by Crippen LogP contribution is 2.23. The smallest absolute Gasteiger partial charge is 0.129 e. The molecule has 0 unspecified atom stereocenters. The van der Waals surface area contributed by atoms with Gasteiger partial charge in [-0.15, -0.1) is 0 Å². The quantitative estimate of drug-likeness (QED) is 0.670. The number of fused-ring (bicyclic) bond motifs is 1. The molecule has 3 aromatic heterocycles. The molecule has 0 bridgehead atoms. The molecule has 0 saturated heterocycles. The number of hydrogen-bond acceptors (Lipinski definition) is 4. The number of aromatic nitrogens is 4. The summed E-state index contributed by atoms with van der Waals surface area (Å²) in [6, 6.07) is 5.60. The van der Waals surface area contributed by atoms with Gasteiger partial charge < -0.3 is 4.74 Å². The van der Waals surface area contributed by atoms with Gasteiger partial charge in [0.05, 0.1) is 36.5 Å². The zero-order valence-corrected chi connectivity index (χ0v) is 13.4. The molecule has 0 amide bonds. The molecular formula is C17H17ClN4O. The summed E-state index contributed by atoms with van der Waals surface area (Å²) < 4.78 is 7.68. The molecule has 0 atom stereocenters. The average molecular weight is 329 g/mol. The zero-order chi connectivity index (χ0) is 15.6. The lowest BCUT2D eigenvalue weighted by Gasteiger charge is -2.25. The molecule has 0 radical (unpaired) electrons. The van der Waals surface area contributed by atoms with Gasteiger partial charge in [-0.05, 0) is 37.5 Å². The molecule has 23 heavy (non-hydrogen) atoms. The second-order valence-electron chi connectivity index (χ2n) is 5.81. The molecule has 5 nitrogen and oxygen atoms in total. The fourth-order valence-electron chi connectivity index (χ4n) is 2.62. The van der Waals surface area contributed by atoms with Gasteiger partial charge in [0.15, 0.2) is 0 Å². The number of halogens is 1. The monoisotopic (exact) mass is 328 g/mol. The molecule has 0 aliphatic heterocycles. The van der Waals surface area contributed by atoms with Crippen LogP contribution in [0.5, 0.6) is 0 Å². The Morgan fingerprint density at radius 3 is 2.91 bits per heavy atom. The van der Waals surface area contributed by atoms with Crippen molar-refractivity contribution in [3.05, 3.63) is 41.9 Å². The van der Waals surface area contributed by atoms with E-state index in [0.717, 1.165) is 28.7 Å². The van der Waals surface area contributed by atoms with Gasteiger partial charge in [-0.25, -0.2) is 4.98 Å². The number of nitrogens with zero attached hydrogens (tertiary/aromatic N) is 4. The normalized spacial score (nSPS) is 15.0. The van der Waals surface area contributed by atoms with Crippen LogP contribution in [0.25, 0.3) is 22.2 Å². The van der Waals surface area contributed by atoms with Crippen molar-refractivity contribution < 1.29 is 4.74 Å². The lowest BCUT2D eigenvalue weighted by Crippen LogP contribution is -2.23. The Kier molecular flexibility index (Phi) is 3.97. The molecule has 4 rings (SSSR count). The Morgan fingerprint density at radius 1 is 1.17 bits per heavy atom. The number of ether oxygens (including phenoxy) is 1. The summed E-state index contributed by atoms with van der Waals surface area (Å²) in [5.41, 5.74) is 3.62. The molecule has 1 aliphatic rings. The van der Waals surface area contributed by atoms with Gasteiger partial charge in [-0.2, -0.15) is 5.10 Å². The van der Waals surface area contributed by atoms with Crippen LogP contribution in [0.4, 0.5) is 0 Å². The summed E-state index contributed by atoms with van der Waals surface area (Å²) in [6.45, 7) is 1.47. The molecule has 0 N–H and O–H groups in total. The Bertz CT molecular complexity index is 828. The first-order valence-electron chi connectivity index (χ1n) is 7.85. The molecule has 3 aromatic rings. The van der Waals surface area contributed by atoms with Crippen molar-refractivity contribution in [1.82, 2.24) is 19.7 Å². The summed E-state index contributed by atoms with van der Waals surface area (Å²) in [5.74, 6) is 0. The number of rotatable bonds is 5. The van der Waals surface area contributed by atoms with Crippen molar-refractivity contribution >= 4 is 22.6 Å². The van der Waals surface area contributed by atoms with Crippen LogP contribution >= 0.6 is 11.6 Å². The van der Waals surface area contributed by atoms with Crippen molar-refractivity contribution in [2.45, 2.75) is 31.9 Å². The van der Waals surface area contributed by atoms with E-state index < -0.39 is 0 Å². The van der Waals surface area contributed by atoms with Crippen molar-refractivity contribution in [3.8, 4) is 11.1 Å². The van der Waals surface area contributed by atoms with E-state index in [1.165, 1.54) is 19.3 Å². The van der Waals surface area contributed by atoms with Crippen LogP contribution in [0.1, 0.15) is 19.3 Å². The minimum absolute atomic E-state index is 0.463. The Hall–Kier alpha value is -1.98. The van der Waals surface area contributed by atoms with E-state index in [0.29, 0.717) is 17.9 Å². The Labute approximate surface area is 139 Å². The first-order chi connectivity index (χ1) is 11.3. The zero-order valence-electron chi connectivity index (χ0n) is 12.7. The summed E-state index contributed by atoms with van der Waals surface area (Å²) in [7, 11) is 0. The average Bonchev–Trinajstić information content (AvgIpc) is 2.98. The number of hydrogen-bond donors (Lipinski definition) is 0. The highest BCUT2D eigenvalue weighted by molar-refractivity contribution is 6.29. The molecule has 6 heteroatoms. The molecular weight excluding hydrogens is 312 g/mol. The van der Waals surface area contributed by atoms with E-state index in [-0.39, 0.29) is 0 Å². The standard InChI is InChI=1S/C17H17ClN4O/c18-17-5-4-15-16(21-17)8-12(9-19-15)13-10-20-22(11-13)6-7-23-14-2-1-3-14/h4-5,8-11,14H,1-3,6-7H2. The number of pyridine rings is 2. The fourth-order valence-corrected chi connectivity index (χ4v) is 2.78. The Balaban J connectivity index is 1.49. The predicted octanol–water partition coefficient (Wildman–Crippen LogP) is 3.72. The highest BCUT2D eigenvalue weighted by Gasteiger charge is 2.17. The third-order valence-electron chi connectivity index (χ3n) is 4.20. The molecule has 0 spiro atoms. The van der Waals surface area contributed by atoms with Gasteiger partial charge in [-0.1, -0.05) is 11.6 Å². The molecule has 1 fully saturated rings. The maximum absolute atomic E-state index is 5.95. The van der Waals surface area contributed by atoms with Crippen molar-refractivity contribution in [2.24, 2.45) is 0 Å². The topological polar surface area (TPSA) is 52.8 Å². The second-order valence-corrected chi connectivity index (χ2v) is 6.20. The van der Waals surface area contributed by atoms with Crippen LogP contribution in [-0.4, -0.2) is 32.5 Å². The minimum Gasteiger partial charge on any atom is -0.376 e. The summed E-state index contributed by atoms with van der Waals surface area (Å²) in [5, 5.41) is 4.87. The summed E-state index contributed by atoms with van der Waals surface area (Å²) >= 11 is 5.95. The maximum atomic E-state index is 5.95. The second kappa shape index (κ2) is 6.26. The van der Waals surface area contributed by atoms with Crippen LogP contribution in [0, 0.1) is 0 Å². The minimum atomic E-state index is 0.463. The predicted molar refractivity (Wildman–Crippen MR) is 89.4 cm³/mol. The van der Waals surface area contributed by atoms with Crippen LogP contribution in [-0.2, 0) is 11.3 Å². The fraction of sp³-hybridized carbons (Fsp3) is 0.353. The third kappa shape index (κ3) is 3.21. The van der Waals surface area contributed by atoms with E-state index in [9.17, 15) is 0 Å². The van der Waals surface area contributed by atoms with E-state index in [1.807, 2.05) is 35.4 Å². The van der Waals surface area contributed by atoms with Crippen LogP contribution in [0.3, 0.4) is 0 Å². The molecule has 1 aliphatic carbocycles. The molecule has 118 valence electrons. The molecule has 0 aromatic carbocycles. The van der Waals surface area contributed by atoms with Crippen LogP contribution in [0.15, 0.2) is 36.8 Å². The van der Waals surface area contributed by atoms with Gasteiger partial charge in [0.2, 0.25) is 0 Å². The lowest BCUT2D eigenvalue weighted by molar-refractivity contribution is -0.00234. The van der Waals surface area contributed by atoms with E-state index in [4.69, 9.17) is 16.3 Å². The van der Waals surface area contributed by atoms with E-state index in [2.05, 4.69) is 15.1 Å². The highest BCUT2D eigenvalue weighted by atomic mass is 35.5. The summed E-state index contributed by atoms with van der Waals surface area (Å²) in [4.78, 5) is 8.74. The Morgan fingerprint density at radius 2 is 2.09 bits per heavy atom. The van der Waals surface area contributed by atoms with Crippen molar-refractivity contribution in [2.75, 3.05) is 6.61 Å². The first kappa shape index (κ1) is 14.6. The maximum Gasteiger partial charge on any atom is 0.129 e. The van der Waals surface area contributed by atoms with E-state index in [1.54, 1.807) is 6.07 Å². The van der Waals surface area contributed by atoms with Gasteiger partial charge >= 0.3 is 0 Å². The third-order valence-corrected chi connectivity index (χ3v) is 4.41. The van der Waals surface area contributed by atoms with Crippen molar-refractivity contribution in [1.29, 1.82) is 0 Å². The van der Waals surface area contributed by atoms with Crippen LogP contribution in [0.2, 0.25) is 5.15 Å². The van der Waals surface area contributed by atoms with Gasteiger partial charge in [-0.3, -0.25) is 9.67 Å². The van der Waals surface area contributed by atoms with Gasteiger partial charge in [0, 0.05) is 23.5 Å². The summed E-state index contributed by atoms with van der Waals surface area (Å²) in [6.07, 6.45) is 9.85. The van der Waals surface area contributed by atoms with Gasteiger partial charge in [0.1, 0.15) is 5.15 Å². The first-order valence-corrected chi connectivity index (χ1v) is 8.22. The van der Waals surface area contributed by atoms with Crippen LogP contribution < -0.4 is 0 Å². The molecule has 1 saturated carbocycles. The van der Waals surface area contributed by atoms with E-state index >= 15 is 0 Å². The largest absolute Gasteiger partial charge is 0.376 e. The van der Waals surface area contributed by atoms with Crippen molar-refractivity contribution in [3.63, 3.8) is 0 Å². The van der Waals surface area contributed by atoms with Gasteiger partial charge in [0.25, 0.3) is 0 Å². The molecule has 3 heterocycles. The SMILES string of the molecule is Clc1ccc2ncc(-c3cnn(CCOC4CCC4)c3)cc2n1. The lowest BCUT2D eigenvalue weighted by atomic mass is 9.96.